The number of hydrogen-bond donors (Lipinski definition) is 1. The van der Waals surface area contributed by atoms with Crippen LogP contribution < -0.4 is 0 Å². The zero-order valence-electron chi connectivity index (χ0n) is 14.9. The summed E-state index contributed by atoms with van der Waals surface area (Å²) in [4.78, 5) is 15.5. The average molecular weight is 351 g/mol. The predicted octanol–water partition coefficient (Wildman–Crippen LogP) is 2.68. The maximum atomic E-state index is 13.6. The van der Waals surface area contributed by atoms with Gasteiger partial charge in [0.15, 0.2) is 0 Å². The van der Waals surface area contributed by atoms with E-state index in [1.807, 2.05) is 65.6 Å². The van der Waals surface area contributed by atoms with E-state index in [1.165, 1.54) is 0 Å². The Morgan fingerprint density at radius 3 is 2.27 bits per heavy atom. The molecule has 4 nitrogen and oxygen atoms in total. The van der Waals surface area contributed by atoms with Crippen molar-refractivity contribution in [2.24, 2.45) is 11.3 Å². The summed E-state index contributed by atoms with van der Waals surface area (Å²) in [6.45, 7) is 2.69. The lowest BCUT2D eigenvalue weighted by Gasteiger charge is -2.36. The van der Waals surface area contributed by atoms with Gasteiger partial charge >= 0.3 is 0 Å². The summed E-state index contributed by atoms with van der Waals surface area (Å²) in [5, 5.41) is 10.0. The van der Waals surface area contributed by atoms with Crippen molar-refractivity contribution in [3.05, 3.63) is 71.8 Å². The maximum Gasteiger partial charge on any atom is 0.234 e. The number of aliphatic hydroxyl groups excluding tert-OH is 1. The molecular formula is C22H25NO3. The molecule has 2 aliphatic heterocycles. The Morgan fingerprint density at radius 1 is 1.12 bits per heavy atom. The van der Waals surface area contributed by atoms with Crippen molar-refractivity contribution in [2.45, 2.75) is 12.3 Å². The van der Waals surface area contributed by atoms with Crippen molar-refractivity contribution in [2.75, 3.05) is 32.9 Å². The van der Waals surface area contributed by atoms with Crippen LogP contribution >= 0.6 is 0 Å². The first-order chi connectivity index (χ1) is 12.7. The Balaban J connectivity index is 1.65. The molecule has 4 rings (SSSR count). The van der Waals surface area contributed by atoms with Crippen LogP contribution in [0.15, 0.2) is 60.7 Å². The lowest BCUT2D eigenvalue weighted by Crippen LogP contribution is -2.41. The Morgan fingerprint density at radius 2 is 1.73 bits per heavy atom. The van der Waals surface area contributed by atoms with Gasteiger partial charge in [-0.15, -0.1) is 0 Å². The summed E-state index contributed by atoms with van der Waals surface area (Å²) in [5.74, 6) is 0.0243. The van der Waals surface area contributed by atoms with Crippen molar-refractivity contribution in [3.63, 3.8) is 0 Å². The van der Waals surface area contributed by atoms with Gasteiger partial charge in [0.1, 0.15) is 0 Å². The molecule has 0 unspecified atom stereocenters. The van der Waals surface area contributed by atoms with E-state index < -0.39 is 0 Å². The first-order valence-corrected chi connectivity index (χ1v) is 9.31. The molecule has 0 radical (unpaired) electrons. The highest BCUT2D eigenvalue weighted by molar-refractivity contribution is 5.87. The lowest BCUT2D eigenvalue weighted by atomic mass is 9.75. The van der Waals surface area contributed by atoms with Gasteiger partial charge in [-0.2, -0.15) is 0 Å². The fourth-order valence-electron chi connectivity index (χ4n) is 4.42. The second-order valence-electron chi connectivity index (χ2n) is 7.52. The van der Waals surface area contributed by atoms with Crippen molar-refractivity contribution >= 4 is 5.91 Å². The van der Waals surface area contributed by atoms with E-state index in [4.69, 9.17) is 4.74 Å². The highest BCUT2D eigenvalue weighted by Crippen LogP contribution is 2.43. The highest BCUT2D eigenvalue weighted by Gasteiger charge is 2.50. The molecule has 0 bridgehead atoms. The van der Waals surface area contributed by atoms with E-state index >= 15 is 0 Å². The third-order valence-corrected chi connectivity index (χ3v) is 6.02. The van der Waals surface area contributed by atoms with Gasteiger partial charge in [-0.3, -0.25) is 4.79 Å². The van der Waals surface area contributed by atoms with Crippen molar-refractivity contribution < 1.29 is 14.6 Å². The fraction of sp³-hybridized carbons (Fsp3) is 0.409. The van der Waals surface area contributed by atoms with Crippen LogP contribution in [-0.2, 0) is 9.53 Å². The normalized spacial score (nSPS) is 25.3. The lowest BCUT2D eigenvalue weighted by molar-refractivity contribution is -0.131. The zero-order chi connectivity index (χ0) is 18.0. The number of ether oxygens (including phenoxy) is 1. The molecule has 0 aliphatic carbocycles. The van der Waals surface area contributed by atoms with E-state index in [9.17, 15) is 9.90 Å². The Hall–Kier alpha value is -2.17. The van der Waals surface area contributed by atoms with Gasteiger partial charge in [0.05, 0.1) is 19.1 Å². The van der Waals surface area contributed by atoms with Crippen LogP contribution in [0.5, 0.6) is 0 Å². The van der Waals surface area contributed by atoms with E-state index in [2.05, 4.69) is 0 Å². The minimum Gasteiger partial charge on any atom is -0.396 e. The Kier molecular flexibility index (Phi) is 4.79. The van der Waals surface area contributed by atoms with Gasteiger partial charge in [-0.25, -0.2) is 0 Å². The summed E-state index contributed by atoms with van der Waals surface area (Å²) in [6.07, 6.45) is 0.819. The van der Waals surface area contributed by atoms with Crippen LogP contribution in [0.3, 0.4) is 0 Å². The van der Waals surface area contributed by atoms with Crippen LogP contribution in [0, 0.1) is 11.3 Å². The van der Waals surface area contributed by atoms with Gasteiger partial charge in [0, 0.05) is 31.0 Å². The minimum absolute atomic E-state index is 0.115. The van der Waals surface area contributed by atoms with Crippen LogP contribution in [0.1, 0.15) is 23.5 Å². The number of amides is 1. The summed E-state index contributed by atoms with van der Waals surface area (Å²) in [6, 6.07) is 19.9. The Labute approximate surface area is 154 Å². The summed E-state index contributed by atoms with van der Waals surface area (Å²) >= 11 is 0. The molecule has 136 valence electrons. The van der Waals surface area contributed by atoms with Gasteiger partial charge in [-0.1, -0.05) is 60.7 Å². The number of benzene rings is 2. The fourth-order valence-corrected chi connectivity index (χ4v) is 4.42. The number of aliphatic hydroxyl groups is 1. The molecule has 1 amide bonds. The molecule has 2 heterocycles. The molecule has 2 atom stereocenters. The summed E-state index contributed by atoms with van der Waals surface area (Å²) in [7, 11) is 0. The topological polar surface area (TPSA) is 49.8 Å². The van der Waals surface area contributed by atoms with Gasteiger partial charge in [-0.05, 0) is 17.5 Å². The molecule has 0 spiro atoms. The summed E-state index contributed by atoms with van der Waals surface area (Å²) in [5.41, 5.74) is 1.81. The zero-order valence-corrected chi connectivity index (χ0v) is 14.9. The first kappa shape index (κ1) is 17.3. The van der Waals surface area contributed by atoms with Crippen LogP contribution in [0.2, 0.25) is 0 Å². The standard InChI is InChI=1S/C22H25NO3/c24-16-22-11-12-26-14-19(22)13-23(15-22)21(25)20(17-7-3-1-4-8-17)18-9-5-2-6-10-18/h1-10,19-20,24H,11-16H2/t19-,22-/m1/s1. The predicted molar refractivity (Wildman–Crippen MR) is 99.8 cm³/mol. The second-order valence-corrected chi connectivity index (χ2v) is 7.52. The van der Waals surface area contributed by atoms with E-state index in [-0.39, 0.29) is 29.8 Å². The molecule has 26 heavy (non-hydrogen) atoms. The average Bonchev–Trinajstić information content (AvgIpc) is 3.10. The number of carbonyl (C=O) groups is 1. The first-order valence-electron chi connectivity index (χ1n) is 9.31. The number of rotatable bonds is 4. The summed E-state index contributed by atoms with van der Waals surface area (Å²) < 4.78 is 5.62. The smallest absolute Gasteiger partial charge is 0.234 e. The number of carbonyl (C=O) groups excluding carboxylic acids is 1. The van der Waals surface area contributed by atoms with Gasteiger partial charge in [0.2, 0.25) is 5.91 Å². The number of likely N-dealkylation sites (tertiary alicyclic amines) is 1. The number of nitrogens with zero attached hydrogens (tertiary/aromatic N) is 1. The molecule has 4 heteroatoms. The molecule has 0 aromatic heterocycles. The van der Waals surface area contributed by atoms with Crippen molar-refractivity contribution in [3.8, 4) is 0 Å². The van der Waals surface area contributed by atoms with Crippen molar-refractivity contribution in [1.82, 2.24) is 4.90 Å². The second kappa shape index (κ2) is 7.22. The third-order valence-electron chi connectivity index (χ3n) is 6.02. The van der Waals surface area contributed by atoms with Gasteiger partial charge < -0.3 is 14.7 Å². The minimum atomic E-state index is -0.311. The largest absolute Gasteiger partial charge is 0.396 e. The van der Waals surface area contributed by atoms with E-state index in [1.54, 1.807) is 0 Å². The van der Waals surface area contributed by atoms with Crippen molar-refractivity contribution in [1.29, 1.82) is 0 Å². The van der Waals surface area contributed by atoms with Crippen LogP contribution in [0.4, 0.5) is 0 Å². The molecule has 2 fully saturated rings. The number of fused-ring (bicyclic) bond motifs is 1. The van der Waals surface area contributed by atoms with E-state index in [0.717, 1.165) is 17.5 Å². The molecule has 2 aromatic carbocycles. The molecular weight excluding hydrogens is 326 g/mol. The van der Waals surface area contributed by atoms with Gasteiger partial charge in [0.25, 0.3) is 0 Å². The highest BCUT2D eigenvalue weighted by atomic mass is 16.5. The number of hydrogen-bond acceptors (Lipinski definition) is 3. The monoisotopic (exact) mass is 351 g/mol. The quantitative estimate of drug-likeness (QED) is 0.921. The SMILES string of the molecule is O=C(C(c1ccccc1)c1ccccc1)N1C[C@@H]2COCC[C@]2(CO)C1. The molecule has 1 N–H and O–H groups in total. The molecule has 2 saturated heterocycles. The van der Waals surface area contributed by atoms with Crippen LogP contribution in [-0.4, -0.2) is 48.8 Å². The molecule has 0 saturated carbocycles. The molecule has 2 aliphatic rings. The maximum absolute atomic E-state index is 13.6. The third kappa shape index (κ3) is 3.04. The van der Waals surface area contributed by atoms with Crippen LogP contribution in [0.25, 0.3) is 0 Å². The molecule has 2 aromatic rings. The Bertz CT molecular complexity index is 709. The van der Waals surface area contributed by atoms with E-state index in [0.29, 0.717) is 26.3 Å².